The molecule has 3 rings (SSSR count). The van der Waals surface area contributed by atoms with Crippen LogP contribution >= 0.6 is 31.9 Å². The number of carbonyl (C=O) groups excluding carboxylic acids is 2. The van der Waals surface area contributed by atoms with E-state index in [0.717, 1.165) is 46.6 Å². The van der Waals surface area contributed by atoms with Gasteiger partial charge in [-0.25, -0.2) is 0 Å². The fourth-order valence-corrected chi connectivity index (χ4v) is 5.07. The molecule has 0 unspecified atom stereocenters. The van der Waals surface area contributed by atoms with E-state index in [1.807, 2.05) is 42.5 Å². The van der Waals surface area contributed by atoms with Crippen molar-refractivity contribution in [2.75, 3.05) is 6.61 Å². The maximum Gasteiger partial charge on any atom is 0.261 e. The maximum absolute atomic E-state index is 13.3. The molecule has 0 heterocycles. The molecule has 5 nitrogen and oxygen atoms in total. The second-order valence-electron chi connectivity index (χ2n) is 8.58. The molecule has 1 N–H and O–H groups in total. The number of rotatable bonds is 9. The Balaban J connectivity index is 1.72. The van der Waals surface area contributed by atoms with Gasteiger partial charge >= 0.3 is 0 Å². The Morgan fingerprint density at radius 2 is 1.85 bits per heavy atom. The third kappa shape index (κ3) is 7.57. The number of aryl methyl sites for hydroxylation is 1. The standard InChI is InChI=1S/C26H32Br2N2O3/c1-3-19-12-13-24(23(28)15-19)33-17-25(31)30(16-20-8-7-9-21(27)14-20)18(2)26(32)29-22-10-5-4-6-11-22/h7-9,12-15,18,22H,3-6,10-11,16-17H2,1-2H3,(H,29,32)/t18-/m1/s1. The third-order valence-electron chi connectivity index (χ3n) is 6.12. The van der Waals surface area contributed by atoms with Crippen LogP contribution in [-0.4, -0.2) is 35.4 Å². The molecule has 1 aliphatic carbocycles. The molecule has 0 saturated heterocycles. The fraction of sp³-hybridized carbons (Fsp3) is 0.462. The van der Waals surface area contributed by atoms with E-state index in [1.54, 1.807) is 11.8 Å². The lowest BCUT2D eigenvalue weighted by Crippen LogP contribution is -2.51. The highest BCUT2D eigenvalue weighted by atomic mass is 79.9. The molecule has 2 aromatic carbocycles. The molecule has 33 heavy (non-hydrogen) atoms. The summed E-state index contributed by atoms with van der Waals surface area (Å²) in [5.41, 5.74) is 2.13. The van der Waals surface area contributed by atoms with Gasteiger partial charge in [0.05, 0.1) is 4.47 Å². The van der Waals surface area contributed by atoms with E-state index in [1.165, 1.54) is 12.0 Å². The Bertz CT molecular complexity index is 960. The maximum atomic E-state index is 13.3. The summed E-state index contributed by atoms with van der Waals surface area (Å²) in [5, 5.41) is 3.16. The van der Waals surface area contributed by atoms with Gasteiger partial charge in [-0.2, -0.15) is 0 Å². The summed E-state index contributed by atoms with van der Waals surface area (Å²) in [6.07, 6.45) is 6.43. The monoisotopic (exact) mass is 578 g/mol. The second kappa shape index (κ2) is 12.6. The summed E-state index contributed by atoms with van der Waals surface area (Å²) in [6.45, 7) is 4.07. The van der Waals surface area contributed by atoms with Gasteiger partial charge in [-0.3, -0.25) is 9.59 Å². The first-order chi connectivity index (χ1) is 15.9. The number of halogens is 2. The quantitative estimate of drug-likeness (QED) is 0.395. The first-order valence-corrected chi connectivity index (χ1v) is 13.2. The number of carbonyl (C=O) groups is 2. The van der Waals surface area contributed by atoms with Gasteiger partial charge in [0.15, 0.2) is 6.61 Å². The Hall–Kier alpha value is -1.86. The molecule has 1 aliphatic rings. The predicted molar refractivity (Wildman–Crippen MR) is 138 cm³/mol. The lowest BCUT2D eigenvalue weighted by Gasteiger charge is -2.31. The van der Waals surface area contributed by atoms with Crippen molar-refractivity contribution in [3.8, 4) is 5.75 Å². The van der Waals surface area contributed by atoms with Crippen LogP contribution in [0.2, 0.25) is 0 Å². The van der Waals surface area contributed by atoms with Crippen LogP contribution in [0.4, 0.5) is 0 Å². The first kappa shape index (κ1) is 25.8. The number of nitrogens with one attached hydrogen (secondary N) is 1. The van der Waals surface area contributed by atoms with E-state index >= 15 is 0 Å². The molecular formula is C26H32Br2N2O3. The van der Waals surface area contributed by atoms with E-state index in [4.69, 9.17) is 4.74 Å². The molecule has 2 amide bonds. The van der Waals surface area contributed by atoms with E-state index < -0.39 is 6.04 Å². The molecule has 0 spiro atoms. The molecule has 0 radical (unpaired) electrons. The second-order valence-corrected chi connectivity index (χ2v) is 10.3. The summed E-state index contributed by atoms with van der Waals surface area (Å²) < 4.78 is 7.59. The van der Waals surface area contributed by atoms with Crippen LogP contribution in [0, 0.1) is 0 Å². The van der Waals surface area contributed by atoms with Crippen molar-refractivity contribution in [1.29, 1.82) is 0 Å². The zero-order valence-electron chi connectivity index (χ0n) is 19.3. The zero-order valence-corrected chi connectivity index (χ0v) is 22.5. The minimum atomic E-state index is -0.604. The first-order valence-electron chi connectivity index (χ1n) is 11.6. The lowest BCUT2D eigenvalue weighted by molar-refractivity contribution is -0.142. The van der Waals surface area contributed by atoms with Gasteiger partial charge in [0.2, 0.25) is 5.91 Å². The molecular weight excluding hydrogens is 548 g/mol. The summed E-state index contributed by atoms with van der Waals surface area (Å²) in [5.74, 6) is 0.272. The van der Waals surface area contributed by atoms with Crippen LogP contribution in [0.1, 0.15) is 57.1 Å². The van der Waals surface area contributed by atoms with Crippen molar-refractivity contribution in [3.63, 3.8) is 0 Å². The highest BCUT2D eigenvalue weighted by Gasteiger charge is 2.28. The van der Waals surface area contributed by atoms with Crippen molar-refractivity contribution < 1.29 is 14.3 Å². The molecule has 0 aromatic heterocycles. The van der Waals surface area contributed by atoms with Gasteiger partial charge in [0, 0.05) is 17.1 Å². The summed E-state index contributed by atoms with van der Waals surface area (Å²) in [7, 11) is 0. The topological polar surface area (TPSA) is 58.6 Å². The number of hydrogen-bond donors (Lipinski definition) is 1. The Kier molecular flexibility index (Phi) is 9.80. The molecule has 1 atom stereocenters. The van der Waals surface area contributed by atoms with Gasteiger partial charge in [-0.15, -0.1) is 0 Å². The Labute approximate surface area is 213 Å². The molecule has 1 fully saturated rings. The number of ether oxygens (including phenoxy) is 1. The lowest BCUT2D eigenvalue weighted by atomic mass is 9.95. The fourth-order valence-electron chi connectivity index (χ4n) is 4.09. The minimum absolute atomic E-state index is 0.112. The molecule has 2 aromatic rings. The van der Waals surface area contributed by atoms with Crippen molar-refractivity contribution in [3.05, 3.63) is 62.5 Å². The van der Waals surface area contributed by atoms with Crippen LogP contribution in [0.25, 0.3) is 0 Å². The summed E-state index contributed by atoms with van der Waals surface area (Å²) in [4.78, 5) is 27.9. The molecule has 7 heteroatoms. The zero-order chi connectivity index (χ0) is 23.8. The SMILES string of the molecule is CCc1ccc(OCC(=O)N(Cc2cccc(Br)c2)[C@H](C)C(=O)NC2CCCCC2)c(Br)c1. The van der Waals surface area contributed by atoms with E-state index in [2.05, 4.69) is 44.1 Å². The van der Waals surface area contributed by atoms with Crippen molar-refractivity contribution in [1.82, 2.24) is 10.2 Å². The summed E-state index contributed by atoms with van der Waals surface area (Å²) >= 11 is 7.01. The summed E-state index contributed by atoms with van der Waals surface area (Å²) in [6, 6.07) is 13.2. The van der Waals surface area contributed by atoms with Crippen LogP contribution in [0.3, 0.4) is 0 Å². The molecule has 1 saturated carbocycles. The number of amides is 2. The van der Waals surface area contributed by atoms with Crippen LogP contribution in [-0.2, 0) is 22.6 Å². The van der Waals surface area contributed by atoms with Gasteiger partial charge in [0.1, 0.15) is 11.8 Å². The van der Waals surface area contributed by atoms with E-state index in [0.29, 0.717) is 12.3 Å². The van der Waals surface area contributed by atoms with E-state index in [9.17, 15) is 9.59 Å². The number of benzene rings is 2. The largest absolute Gasteiger partial charge is 0.483 e. The molecule has 0 bridgehead atoms. The van der Waals surface area contributed by atoms with Gasteiger partial charge in [0.25, 0.3) is 5.91 Å². The van der Waals surface area contributed by atoms with Crippen molar-refractivity contribution >= 4 is 43.7 Å². The Morgan fingerprint density at radius 1 is 1.09 bits per heavy atom. The predicted octanol–water partition coefficient (Wildman–Crippen LogP) is 6.02. The van der Waals surface area contributed by atoms with E-state index in [-0.39, 0.29) is 24.5 Å². The van der Waals surface area contributed by atoms with Gasteiger partial charge in [-0.05, 0) is 77.5 Å². The average Bonchev–Trinajstić information content (AvgIpc) is 2.81. The normalized spacial score (nSPS) is 15.0. The number of hydrogen-bond acceptors (Lipinski definition) is 3. The minimum Gasteiger partial charge on any atom is -0.483 e. The smallest absolute Gasteiger partial charge is 0.261 e. The Morgan fingerprint density at radius 3 is 2.52 bits per heavy atom. The molecule has 178 valence electrons. The highest BCUT2D eigenvalue weighted by molar-refractivity contribution is 9.10. The van der Waals surface area contributed by atoms with Crippen molar-refractivity contribution in [2.24, 2.45) is 0 Å². The van der Waals surface area contributed by atoms with Crippen LogP contribution < -0.4 is 10.1 Å². The van der Waals surface area contributed by atoms with Gasteiger partial charge in [-0.1, -0.05) is 60.3 Å². The molecule has 0 aliphatic heterocycles. The third-order valence-corrected chi connectivity index (χ3v) is 7.23. The number of nitrogens with zero attached hydrogens (tertiary/aromatic N) is 1. The highest BCUT2D eigenvalue weighted by Crippen LogP contribution is 2.26. The van der Waals surface area contributed by atoms with Gasteiger partial charge < -0.3 is 15.0 Å². The average molecular weight is 580 g/mol. The van der Waals surface area contributed by atoms with Crippen LogP contribution in [0.15, 0.2) is 51.4 Å². The van der Waals surface area contributed by atoms with Crippen molar-refractivity contribution in [2.45, 2.75) is 71.0 Å². The van der Waals surface area contributed by atoms with Crippen LogP contribution in [0.5, 0.6) is 5.75 Å².